The largest absolute Gasteiger partial charge is 0.481 e. The molecule has 62 heavy (non-hydrogen) atoms. The topological polar surface area (TPSA) is 255 Å². The van der Waals surface area contributed by atoms with Crippen molar-refractivity contribution < 1.29 is 79.2 Å². The molecule has 8 rings (SSSR count). The van der Waals surface area contributed by atoms with Gasteiger partial charge in [-0.25, -0.2) is 0 Å². The van der Waals surface area contributed by atoms with Crippen LogP contribution in [0.1, 0.15) is 113 Å². The van der Waals surface area contributed by atoms with Gasteiger partial charge in [0, 0.05) is 0 Å². The van der Waals surface area contributed by atoms with E-state index in [1.54, 1.807) is 0 Å². The Hall–Kier alpha value is -1.35. The molecule has 3 aliphatic heterocycles. The summed E-state index contributed by atoms with van der Waals surface area (Å²) in [5, 5.41) is 95.4. The Kier molecular flexibility index (Phi) is 12.5. The number of ether oxygens (including phenoxy) is 6. The van der Waals surface area contributed by atoms with Crippen molar-refractivity contribution in [3.05, 3.63) is 11.6 Å². The fourth-order valence-electron chi connectivity index (χ4n) is 14.6. The first-order valence-electron chi connectivity index (χ1n) is 23.1. The normalized spacial score (nSPS) is 53.6. The number of aliphatic hydroxyl groups excluding tert-OH is 8. The van der Waals surface area contributed by atoms with Gasteiger partial charge in [-0.2, -0.15) is 0 Å². The zero-order chi connectivity index (χ0) is 45.1. The van der Waals surface area contributed by atoms with E-state index >= 15 is 0 Å². The second kappa shape index (κ2) is 16.5. The molecule has 1 unspecified atom stereocenters. The summed E-state index contributed by atoms with van der Waals surface area (Å²) in [5.41, 5.74) is 0.0706. The van der Waals surface area contributed by atoms with E-state index in [0.29, 0.717) is 18.8 Å². The van der Waals surface area contributed by atoms with E-state index in [0.717, 1.165) is 51.4 Å². The fraction of sp³-hybridized carbons (Fsp3) is 0.935. The van der Waals surface area contributed by atoms with Crippen LogP contribution in [0.5, 0.6) is 0 Å². The lowest BCUT2D eigenvalue weighted by Crippen LogP contribution is -2.66. The number of aliphatic hydroxyl groups is 8. The van der Waals surface area contributed by atoms with Gasteiger partial charge in [-0.3, -0.25) is 4.79 Å². The highest BCUT2D eigenvalue weighted by Gasteiger charge is 2.70. The summed E-state index contributed by atoms with van der Waals surface area (Å²) in [5.74, 6) is -0.0522. The van der Waals surface area contributed by atoms with Crippen molar-refractivity contribution in [1.29, 1.82) is 0 Å². The second-order valence-electron chi connectivity index (χ2n) is 22.6. The molecule has 4 saturated carbocycles. The van der Waals surface area contributed by atoms with Crippen molar-refractivity contribution in [2.75, 3.05) is 19.8 Å². The Labute approximate surface area is 364 Å². The minimum Gasteiger partial charge on any atom is -0.481 e. The maximum Gasteiger partial charge on any atom is 0.310 e. The molecule has 16 heteroatoms. The zero-order valence-electron chi connectivity index (χ0n) is 37.5. The van der Waals surface area contributed by atoms with Crippen LogP contribution in [-0.4, -0.2) is 158 Å². The van der Waals surface area contributed by atoms with Gasteiger partial charge in [-0.05, 0) is 109 Å². The van der Waals surface area contributed by atoms with Gasteiger partial charge in [0.15, 0.2) is 18.9 Å². The molecule has 354 valence electrons. The maximum atomic E-state index is 13.1. The summed E-state index contributed by atoms with van der Waals surface area (Å²) >= 11 is 0. The molecule has 0 aromatic carbocycles. The average molecular weight is 883 g/mol. The van der Waals surface area contributed by atoms with E-state index in [9.17, 15) is 50.8 Å². The zero-order valence-corrected chi connectivity index (χ0v) is 37.5. The van der Waals surface area contributed by atoms with E-state index in [2.05, 4.69) is 54.5 Å². The van der Waals surface area contributed by atoms with E-state index in [-0.39, 0.29) is 46.7 Å². The molecule has 3 saturated heterocycles. The molecule has 21 atom stereocenters. The maximum absolute atomic E-state index is 13.1. The number of fused-ring (bicyclic) bond motifs is 7. The highest BCUT2D eigenvalue weighted by molar-refractivity contribution is 5.76. The molecule has 16 nitrogen and oxygen atoms in total. The predicted octanol–water partition coefficient (Wildman–Crippen LogP) is 1.98. The standard InChI is InChI=1S/C46H74O16/c1-41(2)14-16-46(40(55)56)17-15-44(6)22(23(46)18-41)8-9-28-43(5)12-11-29(42(3,4)27(43)10-13-45(28,44)7)60-39-36(62-37-33(53)30(50)24(48)20-57-37)35(25(49)21-58-39)61-38-34(54)32(52)31(51)26(19-47)59-38/h8,23-39,47-54H,9-21H2,1-7H3,(H,55,56)/t23-,24-,25+,26-,27?,28-,29+,30+,31-,32+,33-,34-,35+,36-,37-,38-,39+,43+,44-,45-,46+/m1/s1. The average Bonchev–Trinajstić information content (AvgIpc) is 3.21. The van der Waals surface area contributed by atoms with Gasteiger partial charge in [0.2, 0.25) is 0 Å². The van der Waals surface area contributed by atoms with Crippen molar-refractivity contribution in [2.45, 2.75) is 199 Å². The number of hydrogen-bond acceptors (Lipinski definition) is 15. The first-order chi connectivity index (χ1) is 29.0. The molecule has 7 fully saturated rings. The third-order valence-electron chi connectivity index (χ3n) is 18.6. The third kappa shape index (κ3) is 7.28. The summed E-state index contributed by atoms with van der Waals surface area (Å²) in [6.07, 6.45) is -9.35. The number of carboxylic acid groups (broad SMARTS) is 1. The number of hydrogen-bond donors (Lipinski definition) is 9. The quantitative estimate of drug-likeness (QED) is 0.125. The molecule has 3 heterocycles. The smallest absolute Gasteiger partial charge is 0.310 e. The van der Waals surface area contributed by atoms with Gasteiger partial charge in [0.25, 0.3) is 0 Å². The minimum atomic E-state index is -1.79. The highest BCUT2D eigenvalue weighted by atomic mass is 16.8. The molecule has 9 N–H and O–H groups in total. The van der Waals surface area contributed by atoms with E-state index < -0.39 is 109 Å². The lowest BCUT2D eigenvalue weighted by Gasteiger charge is -2.71. The number of rotatable bonds is 8. The first kappa shape index (κ1) is 47.2. The lowest BCUT2D eigenvalue weighted by molar-refractivity contribution is -0.384. The van der Waals surface area contributed by atoms with Crippen molar-refractivity contribution in [1.82, 2.24) is 0 Å². The van der Waals surface area contributed by atoms with Gasteiger partial charge in [0.1, 0.15) is 61.0 Å². The lowest BCUT2D eigenvalue weighted by atomic mass is 9.33. The van der Waals surface area contributed by atoms with Crippen molar-refractivity contribution in [3.63, 3.8) is 0 Å². The van der Waals surface area contributed by atoms with Crippen molar-refractivity contribution >= 4 is 5.97 Å². The molecule has 0 aromatic rings. The van der Waals surface area contributed by atoms with Gasteiger partial charge in [0.05, 0.1) is 31.3 Å². The summed E-state index contributed by atoms with van der Waals surface area (Å²) in [6.45, 7) is 15.0. The Bertz CT molecular complexity index is 1690. The van der Waals surface area contributed by atoms with Crippen LogP contribution in [0.15, 0.2) is 11.6 Å². The predicted molar refractivity (Wildman–Crippen MR) is 219 cm³/mol. The molecule has 0 amide bonds. The first-order valence-corrected chi connectivity index (χ1v) is 23.1. The van der Waals surface area contributed by atoms with Crippen LogP contribution in [0.3, 0.4) is 0 Å². The molecule has 0 spiro atoms. The SMILES string of the molecule is CC1(C)CC[C@]2(C(=O)O)CC[C@]3(C)C(=CC[C@@H]4[C@@]5(C)CC[C@H](O[C@@H]6OC[C@H](O)[C@H](O[C@H]7O[C@H](CO)[C@@H](O)[C@H](O)[C@H]7O)[C@H]6O[C@H]6OC[C@@H](O)[C@H](O)[C@H]6O)C(C)(C)C5CC[C@]43C)[C@H]2C1. The summed E-state index contributed by atoms with van der Waals surface area (Å²) in [4.78, 5) is 13.1. The Morgan fingerprint density at radius 3 is 2.03 bits per heavy atom. The number of allylic oxidation sites excluding steroid dienone is 2. The van der Waals surface area contributed by atoms with Crippen LogP contribution in [0.2, 0.25) is 0 Å². The van der Waals surface area contributed by atoms with Gasteiger partial charge in [-0.1, -0.05) is 60.1 Å². The molecule has 0 aromatic heterocycles. The number of carbonyl (C=O) groups is 1. The van der Waals surface area contributed by atoms with Crippen LogP contribution < -0.4 is 0 Å². The van der Waals surface area contributed by atoms with Crippen LogP contribution in [0, 0.1) is 50.2 Å². The van der Waals surface area contributed by atoms with E-state index in [4.69, 9.17) is 28.4 Å². The monoisotopic (exact) mass is 882 g/mol. The Morgan fingerprint density at radius 1 is 0.694 bits per heavy atom. The minimum absolute atomic E-state index is 0.0255. The molecule has 0 bridgehead atoms. The molecule has 5 aliphatic carbocycles. The number of carboxylic acids is 1. The third-order valence-corrected chi connectivity index (χ3v) is 18.6. The summed E-state index contributed by atoms with van der Waals surface area (Å²) in [6, 6.07) is 0. The van der Waals surface area contributed by atoms with Crippen LogP contribution in [0.4, 0.5) is 0 Å². The molecule has 0 radical (unpaired) electrons. The number of aliphatic carboxylic acids is 1. The molecular formula is C46H74O16. The second-order valence-corrected chi connectivity index (χ2v) is 22.6. The molecular weight excluding hydrogens is 808 g/mol. The van der Waals surface area contributed by atoms with E-state index in [1.165, 1.54) is 5.57 Å². The van der Waals surface area contributed by atoms with Gasteiger partial charge < -0.3 is 74.4 Å². The van der Waals surface area contributed by atoms with Gasteiger partial charge >= 0.3 is 5.97 Å². The van der Waals surface area contributed by atoms with Crippen molar-refractivity contribution in [3.8, 4) is 0 Å². The van der Waals surface area contributed by atoms with Crippen LogP contribution >= 0.6 is 0 Å². The summed E-state index contributed by atoms with van der Waals surface area (Å²) in [7, 11) is 0. The van der Waals surface area contributed by atoms with Crippen LogP contribution in [-0.2, 0) is 33.2 Å². The fourth-order valence-corrected chi connectivity index (χ4v) is 14.6. The van der Waals surface area contributed by atoms with Gasteiger partial charge in [-0.15, -0.1) is 0 Å². The Morgan fingerprint density at radius 2 is 1.34 bits per heavy atom. The van der Waals surface area contributed by atoms with Crippen LogP contribution in [0.25, 0.3) is 0 Å². The summed E-state index contributed by atoms with van der Waals surface area (Å²) < 4.78 is 36.8. The Balaban J connectivity index is 1.06. The van der Waals surface area contributed by atoms with E-state index in [1.807, 2.05) is 0 Å². The highest BCUT2D eigenvalue weighted by Crippen LogP contribution is 2.76. The molecule has 8 aliphatic rings. The van der Waals surface area contributed by atoms with Crippen molar-refractivity contribution in [2.24, 2.45) is 50.2 Å².